The van der Waals surface area contributed by atoms with Crippen molar-refractivity contribution in [2.24, 2.45) is 0 Å². The van der Waals surface area contributed by atoms with Crippen molar-refractivity contribution in [3.63, 3.8) is 0 Å². The number of nitrogens with zero attached hydrogens (tertiary/aromatic N) is 3. The largest absolute Gasteiger partial charge is 0.416 e. The predicted molar refractivity (Wildman–Crippen MR) is 104 cm³/mol. The number of carbonyl (C=O) groups is 1. The van der Waals surface area contributed by atoms with Gasteiger partial charge in [0.2, 0.25) is 0 Å². The minimum Gasteiger partial charge on any atom is -0.374 e. The summed E-state index contributed by atoms with van der Waals surface area (Å²) in [6, 6.07) is 6.47. The quantitative estimate of drug-likeness (QED) is 0.512. The highest BCUT2D eigenvalue weighted by Crippen LogP contribution is 2.37. The summed E-state index contributed by atoms with van der Waals surface area (Å²) in [5.74, 6) is -0.260. The van der Waals surface area contributed by atoms with Gasteiger partial charge >= 0.3 is 6.18 Å². The number of halogens is 3. The van der Waals surface area contributed by atoms with Crippen LogP contribution in [0.4, 0.5) is 19.0 Å². The second kappa shape index (κ2) is 8.09. The molecule has 1 unspecified atom stereocenters. The van der Waals surface area contributed by atoms with Crippen molar-refractivity contribution >= 4 is 23.1 Å². The number of nitrogens with one attached hydrogen (secondary N) is 2. The molecule has 1 aliphatic carbocycles. The van der Waals surface area contributed by atoms with Gasteiger partial charge in [-0.05, 0) is 37.1 Å². The zero-order valence-electron chi connectivity index (χ0n) is 15.3. The summed E-state index contributed by atoms with van der Waals surface area (Å²) in [5, 5.41) is 25.1. The molecule has 0 saturated heterocycles. The lowest BCUT2D eigenvalue weighted by atomic mass is 10.00. The van der Waals surface area contributed by atoms with Crippen molar-refractivity contribution in [2.75, 3.05) is 5.32 Å². The lowest BCUT2D eigenvalue weighted by Crippen LogP contribution is -2.25. The molecule has 1 atom stereocenters. The highest BCUT2D eigenvalue weighted by molar-refractivity contribution is 7.07. The maximum atomic E-state index is 13.4. The molecular formula is C19H16F3N5O2S. The van der Waals surface area contributed by atoms with Crippen LogP contribution in [0.25, 0.3) is 11.3 Å². The molecule has 30 heavy (non-hydrogen) atoms. The summed E-state index contributed by atoms with van der Waals surface area (Å²) in [5.41, 5.74) is 1.25. The van der Waals surface area contributed by atoms with Crippen molar-refractivity contribution in [2.45, 2.75) is 31.3 Å². The van der Waals surface area contributed by atoms with Gasteiger partial charge in [-0.2, -0.15) is 13.2 Å². The average molecular weight is 435 g/mol. The molecule has 1 aromatic carbocycles. The van der Waals surface area contributed by atoms with Crippen molar-refractivity contribution in [1.29, 1.82) is 0 Å². The third-order valence-corrected chi connectivity index (χ3v) is 5.08. The SMILES string of the molecule is O=C(Nc1ccc(-c2ccc(C(F)(F)F)c(C(O)NC3CC3)c2)nn1)c1cscn1. The average Bonchev–Trinajstić information content (AvgIpc) is 3.35. The molecule has 7 nitrogen and oxygen atoms in total. The summed E-state index contributed by atoms with van der Waals surface area (Å²) in [6.45, 7) is 0. The van der Waals surface area contributed by atoms with Gasteiger partial charge in [-0.15, -0.1) is 21.5 Å². The van der Waals surface area contributed by atoms with Gasteiger partial charge in [-0.3, -0.25) is 10.1 Å². The lowest BCUT2D eigenvalue weighted by Gasteiger charge is -2.19. The summed E-state index contributed by atoms with van der Waals surface area (Å²) < 4.78 is 40.1. The van der Waals surface area contributed by atoms with Crippen molar-refractivity contribution < 1.29 is 23.1 Å². The Balaban J connectivity index is 1.57. The molecule has 4 rings (SSSR count). The normalized spacial score (nSPS) is 15.1. The van der Waals surface area contributed by atoms with E-state index in [4.69, 9.17) is 0 Å². The first-order valence-electron chi connectivity index (χ1n) is 9.00. The molecule has 3 aromatic rings. The van der Waals surface area contributed by atoms with Crippen molar-refractivity contribution in [1.82, 2.24) is 20.5 Å². The van der Waals surface area contributed by atoms with E-state index in [-0.39, 0.29) is 23.1 Å². The van der Waals surface area contributed by atoms with Crippen LogP contribution in [0.1, 0.15) is 40.7 Å². The van der Waals surface area contributed by atoms with E-state index < -0.39 is 23.9 Å². The fraction of sp³-hybridized carbons (Fsp3) is 0.263. The van der Waals surface area contributed by atoms with Crippen LogP contribution in [0.5, 0.6) is 0 Å². The Morgan fingerprint density at radius 2 is 2.00 bits per heavy atom. The Morgan fingerprint density at radius 1 is 1.20 bits per heavy atom. The van der Waals surface area contributed by atoms with Gasteiger partial charge in [-0.1, -0.05) is 6.07 Å². The van der Waals surface area contributed by atoms with E-state index in [0.717, 1.165) is 18.9 Å². The number of benzene rings is 1. The number of anilines is 1. The molecule has 1 amide bonds. The first-order valence-corrected chi connectivity index (χ1v) is 9.94. The molecule has 2 heterocycles. The Kier molecular flexibility index (Phi) is 5.50. The zero-order valence-corrected chi connectivity index (χ0v) is 16.2. The number of rotatable bonds is 6. The zero-order chi connectivity index (χ0) is 21.3. The van der Waals surface area contributed by atoms with Gasteiger partial charge in [0.25, 0.3) is 5.91 Å². The number of aromatic nitrogens is 3. The summed E-state index contributed by atoms with van der Waals surface area (Å²) in [4.78, 5) is 15.9. The standard InChI is InChI=1S/C19H16F3N5O2S/c20-19(21,22)13-4-1-10(7-12(13)17(28)24-11-2-3-11)14-5-6-16(27-26-14)25-18(29)15-8-30-9-23-15/h1,4-9,11,17,24,28H,2-3H2,(H,25,27,29). The van der Waals surface area contributed by atoms with E-state index in [2.05, 4.69) is 25.8 Å². The minimum absolute atomic E-state index is 0.0187. The van der Waals surface area contributed by atoms with Crippen LogP contribution in [0.15, 0.2) is 41.2 Å². The number of alkyl halides is 3. The molecule has 3 N–H and O–H groups in total. The highest BCUT2D eigenvalue weighted by Gasteiger charge is 2.36. The van der Waals surface area contributed by atoms with Crippen LogP contribution < -0.4 is 10.6 Å². The van der Waals surface area contributed by atoms with E-state index in [1.165, 1.54) is 41.1 Å². The van der Waals surface area contributed by atoms with Gasteiger partial charge < -0.3 is 10.4 Å². The Morgan fingerprint density at radius 3 is 2.60 bits per heavy atom. The molecule has 1 saturated carbocycles. The molecule has 0 aliphatic heterocycles. The van der Waals surface area contributed by atoms with E-state index in [0.29, 0.717) is 11.3 Å². The van der Waals surface area contributed by atoms with Crippen LogP contribution in [0.2, 0.25) is 0 Å². The number of hydrogen-bond acceptors (Lipinski definition) is 7. The summed E-state index contributed by atoms with van der Waals surface area (Å²) in [7, 11) is 0. The van der Waals surface area contributed by atoms with Gasteiger partial charge in [0.05, 0.1) is 16.8 Å². The number of hydrogen-bond donors (Lipinski definition) is 3. The number of thiazole rings is 1. The molecule has 2 aromatic heterocycles. The van der Waals surface area contributed by atoms with Crippen LogP contribution in [0, 0.1) is 0 Å². The molecule has 1 aliphatic rings. The Bertz CT molecular complexity index is 1040. The maximum Gasteiger partial charge on any atom is 0.416 e. The molecule has 0 bridgehead atoms. The van der Waals surface area contributed by atoms with Crippen LogP contribution in [0.3, 0.4) is 0 Å². The number of aliphatic hydroxyl groups excluding tert-OH is 1. The van der Waals surface area contributed by atoms with Gasteiger partial charge in [0, 0.05) is 22.5 Å². The predicted octanol–water partition coefficient (Wildman–Crippen LogP) is 3.61. The van der Waals surface area contributed by atoms with Gasteiger partial charge in [-0.25, -0.2) is 4.98 Å². The molecular weight excluding hydrogens is 419 g/mol. The summed E-state index contributed by atoms with van der Waals surface area (Å²) in [6.07, 6.45) is -4.41. The fourth-order valence-corrected chi connectivity index (χ4v) is 3.36. The Hall–Kier alpha value is -2.89. The highest BCUT2D eigenvalue weighted by atomic mass is 32.1. The molecule has 156 valence electrons. The monoisotopic (exact) mass is 435 g/mol. The number of carbonyl (C=O) groups excluding carboxylic acids is 1. The van der Waals surface area contributed by atoms with E-state index >= 15 is 0 Å². The smallest absolute Gasteiger partial charge is 0.374 e. The van der Waals surface area contributed by atoms with Crippen LogP contribution >= 0.6 is 11.3 Å². The third kappa shape index (κ3) is 4.64. The molecule has 11 heteroatoms. The molecule has 1 fully saturated rings. The van der Waals surface area contributed by atoms with E-state index in [1.807, 2.05) is 0 Å². The van der Waals surface area contributed by atoms with Crippen LogP contribution in [-0.2, 0) is 6.18 Å². The van der Waals surface area contributed by atoms with Crippen LogP contribution in [-0.4, -0.2) is 32.2 Å². The van der Waals surface area contributed by atoms with Gasteiger partial charge in [0.1, 0.15) is 11.9 Å². The molecule has 0 spiro atoms. The fourth-order valence-electron chi connectivity index (χ4n) is 2.83. The minimum atomic E-state index is -4.60. The topological polar surface area (TPSA) is 100 Å². The first kappa shape index (κ1) is 20.4. The van der Waals surface area contributed by atoms with E-state index in [1.54, 1.807) is 5.38 Å². The van der Waals surface area contributed by atoms with Crippen molar-refractivity contribution in [3.8, 4) is 11.3 Å². The maximum absolute atomic E-state index is 13.4. The molecule has 0 radical (unpaired) electrons. The van der Waals surface area contributed by atoms with Crippen molar-refractivity contribution in [3.05, 3.63) is 58.0 Å². The second-order valence-corrected chi connectivity index (χ2v) is 7.49. The van der Waals surface area contributed by atoms with E-state index in [9.17, 15) is 23.1 Å². The third-order valence-electron chi connectivity index (χ3n) is 4.49. The lowest BCUT2D eigenvalue weighted by molar-refractivity contribution is -0.139. The number of aliphatic hydroxyl groups is 1. The Labute approximate surface area is 173 Å². The summed E-state index contributed by atoms with van der Waals surface area (Å²) >= 11 is 1.28. The second-order valence-electron chi connectivity index (χ2n) is 6.77. The first-order chi connectivity index (χ1) is 14.3. The van der Waals surface area contributed by atoms with Gasteiger partial charge in [0.15, 0.2) is 5.82 Å². The number of amides is 1.